The molecule has 94 valence electrons. The van der Waals surface area contributed by atoms with Gasteiger partial charge in [0, 0.05) is 35.1 Å². The number of methoxy groups -OCH3 is 1. The van der Waals surface area contributed by atoms with E-state index in [4.69, 9.17) is 4.74 Å². The summed E-state index contributed by atoms with van der Waals surface area (Å²) in [4.78, 5) is 16.4. The van der Waals surface area contributed by atoms with Crippen molar-refractivity contribution in [1.82, 2.24) is 9.88 Å². The Bertz CT molecular complexity index is 621. The summed E-state index contributed by atoms with van der Waals surface area (Å²) < 4.78 is 17.9. The summed E-state index contributed by atoms with van der Waals surface area (Å²) in [7, 11) is 1.38. The topological polar surface area (TPSA) is 45.3 Å². The zero-order valence-electron chi connectivity index (χ0n) is 10.00. The molecule has 1 aromatic heterocycles. The molecular weight excluding hydrogens is 235 g/mol. The van der Waals surface area contributed by atoms with E-state index in [0.29, 0.717) is 13.1 Å². The largest absolute Gasteiger partial charge is 0.453 e. The summed E-state index contributed by atoms with van der Waals surface area (Å²) in [6, 6.07) is 4.67. The highest BCUT2D eigenvalue weighted by Gasteiger charge is 2.24. The number of hydrogen-bond donors (Lipinski definition) is 1. The minimum absolute atomic E-state index is 0.258. The van der Waals surface area contributed by atoms with Crippen molar-refractivity contribution >= 4 is 17.0 Å². The highest BCUT2D eigenvalue weighted by molar-refractivity contribution is 5.85. The van der Waals surface area contributed by atoms with Crippen molar-refractivity contribution in [1.29, 1.82) is 0 Å². The molecular formula is C13H13FN2O2. The van der Waals surface area contributed by atoms with E-state index < -0.39 is 0 Å². The molecule has 0 bridgehead atoms. The average molecular weight is 248 g/mol. The Morgan fingerprint density at radius 2 is 2.33 bits per heavy atom. The first-order valence-electron chi connectivity index (χ1n) is 5.81. The fraction of sp³-hybridized carbons (Fsp3) is 0.308. The molecule has 0 radical (unpaired) electrons. The van der Waals surface area contributed by atoms with Crippen LogP contribution in [0, 0.1) is 5.82 Å². The number of H-pyrrole nitrogens is 1. The van der Waals surface area contributed by atoms with Crippen molar-refractivity contribution in [3.8, 4) is 0 Å². The Morgan fingerprint density at radius 3 is 3.11 bits per heavy atom. The standard InChI is InChI=1S/C13H13FN2O2/c1-18-13(17)16-5-4-11-10(7-16)9-3-2-8(14)6-12(9)15-11/h2-3,6,15H,4-5,7H2,1H3. The molecule has 5 heteroatoms. The van der Waals surface area contributed by atoms with E-state index in [0.717, 1.165) is 28.6 Å². The maximum absolute atomic E-state index is 13.2. The van der Waals surface area contributed by atoms with Crippen LogP contribution in [0.1, 0.15) is 11.3 Å². The van der Waals surface area contributed by atoms with Gasteiger partial charge in [0.1, 0.15) is 5.82 Å². The number of rotatable bonds is 0. The average Bonchev–Trinajstić information content (AvgIpc) is 2.74. The van der Waals surface area contributed by atoms with Gasteiger partial charge in [0.15, 0.2) is 0 Å². The van der Waals surface area contributed by atoms with Gasteiger partial charge in [0.2, 0.25) is 0 Å². The van der Waals surface area contributed by atoms with E-state index in [1.807, 2.05) is 0 Å². The van der Waals surface area contributed by atoms with E-state index in [-0.39, 0.29) is 11.9 Å². The summed E-state index contributed by atoms with van der Waals surface area (Å²) in [5, 5.41) is 0.972. The summed E-state index contributed by atoms with van der Waals surface area (Å²) in [6.07, 6.45) is 0.415. The normalized spacial score (nSPS) is 14.7. The number of aromatic amines is 1. The lowest BCUT2D eigenvalue weighted by atomic mass is 10.1. The molecule has 0 unspecified atom stereocenters. The predicted octanol–water partition coefficient (Wildman–Crippen LogP) is 2.43. The monoisotopic (exact) mass is 248 g/mol. The van der Waals surface area contributed by atoms with Crippen LogP contribution in [-0.2, 0) is 17.7 Å². The van der Waals surface area contributed by atoms with E-state index in [1.54, 1.807) is 11.0 Å². The number of hydrogen-bond acceptors (Lipinski definition) is 2. The van der Waals surface area contributed by atoms with E-state index >= 15 is 0 Å². The highest BCUT2D eigenvalue weighted by Crippen LogP contribution is 2.28. The fourth-order valence-corrected chi connectivity index (χ4v) is 2.48. The molecule has 1 aliphatic rings. The van der Waals surface area contributed by atoms with Crippen LogP contribution in [0.5, 0.6) is 0 Å². The lowest BCUT2D eigenvalue weighted by Crippen LogP contribution is -2.35. The lowest BCUT2D eigenvalue weighted by molar-refractivity contribution is 0.119. The molecule has 0 saturated heterocycles. The number of ether oxygens (including phenoxy) is 1. The molecule has 0 saturated carbocycles. The third kappa shape index (κ3) is 1.63. The number of carbonyl (C=O) groups excluding carboxylic acids is 1. The first kappa shape index (κ1) is 11.1. The van der Waals surface area contributed by atoms with Gasteiger partial charge in [-0.25, -0.2) is 9.18 Å². The summed E-state index contributed by atoms with van der Waals surface area (Å²) in [6.45, 7) is 1.13. The van der Waals surface area contributed by atoms with Crippen LogP contribution in [-0.4, -0.2) is 29.6 Å². The number of nitrogens with one attached hydrogen (secondary N) is 1. The van der Waals surface area contributed by atoms with Gasteiger partial charge in [-0.05, 0) is 18.2 Å². The second kappa shape index (κ2) is 4.01. The molecule has 4 nitrogen and oxygen atoms in total. The molecule has 0 aliphatic carbocycles. The first-order valence-corrected chi connectivity index (χ1v) is 5.81. The van der Waals surface area contributed by atoms with Crippen molar-refractivity contribution in [2.75, 3.05) is 13.7 Å². The Kier molecular flexibility index (Phi) is 2.47. The number of nitrogens with zero attached hydrogens (tertiary/aromatic N) is 1. The van der Waals surface area contributed by atoms with Gasteiger partial charge in [-0.15, -0.1) is 0 Å². The second-order valence-electron chi connectivity index (χ2n) is 4.41. The van der Waals surface area contributed by atoms with Crippen molar-refractivity contribution in [3.63, 3.8) is 0 Å². The van der Waals surface area contributed by atoms with E-state index in [1.165, 1.54) is 19.2 Å². The number of aromatic nitrogens is 1. The molecule has 0 atom stereocenters. The number of benzene rings is 1. The van der Waals surface area contributed by atoms with Crippen LogP contribution in [0.15, 0.2) is 18.2 Å². The molecule has 0 spiro atoms. The van der Waals surface area contributed by atoms with Crippen LogP contribution in [0.25, 0.3) is 10.9 Å². The third-order valence-corrected chi connectivity index (χ3v) is 3.37. The molecule has 0 fully saturated rings. The van der Waals surface area contributed by atoms with Crippen LogP contribution >= 0.6 is 0 Å². The smallest absolute Gasteiger partial charge is 0.409 e. The Morgan fingerprint density at radius 1 is 1.50 bits per heavy atom. The van der Waals surface area contributed by atoms with Gasteiger partial charge in [-0.2, -0.15) is 0 Å². The quantitative estimate of drug-likeness (QED) is 0.778. The summed E-state index contributed by atoms with van der Waals surface area (Å²) in [5.41, 5.74) is 2.92. The van der Waals surface area contributed by atoms with Crippen LogP contribution < -0.4 is 0 Å². The SMILES string of the molecule is COC(=O)N1CCc2[nH]c3cc(F)ccc3c2C1. The molecule has 1 aliphatic heterocycles. The van der Waals surface area contributed by atoms with E-state index in [9.17, 15) is 9.18 Å². The van der Waals surface area contributed by atoms with Crippen LogP contribution in [0.2, 0.25) is 0 Å². The molecule has 18 heavy (non-hydrogen) atoms. The lowest BCUT2D eigenvalue weighted by Gasteiger charge is -2.25. The second-order valence-corrected chi connectivity index (χ2v) is 4.41. The first-order chi connectivity index (χ1) is 8.69. The number of halogens is 1. The molecule has 1 N–H and O–H groups in total. The van der Waals surface area contributed by atoms with Gasteiger partial charge >= 0.3 is 6.09 Å². The number of amides is 1. The van der Waals surface area contributed by atoms with Crippen molar-refractivity contribution < 1.29 is 13.9 Å². The molecule has 1 amide bonds. The van der Waals surface area contributed by atoms with Crippen molar-refractivity contribution in [2.45, 2.75) is 13.0 Å². The molecule has 2 heterocycles. The zero-order chi connectivity index (χ0) is 12.7. The number of carbonyl (C=O) groups is 1. The van der Waals surface area contributed by atoms with Gasteiger partial charge in [0.25, 0.3) is 0 Å². The predicted molar refractivity (Wildman–Crippen MR) is 64.8 cm³/mol. The molecule has 1 aromatic carbocycles. The Labute approximate surface area is 103 Å². The third-order valence-electron chi connectivity index (χ3n) is 3.37. The minimum atomic E-state index is -0.322. The van der Waals surface area contributed by atoms with E-state index in [2.05, 4.69) is 4.98 Å². The molecule has 3 rings (SSSR count). The maximum Gasteiger partial charge on any atom is 0.409 e. The molecule has 2 aromatic rings. The van der Waals surface area contributed by atoms with Gasteiger partial charge in [-0.1, -0.05) is 0 Å². The van der Waals surface area contributed by atoms with Crippen LogP contribution in [0.3, 0.4) is 0 Å². The summed E-state index contributed by atoms with van der Waals surface area (Å²) >= 11 is 0. The highest BCUT2D eigenvalue weighted by atomic mass is 19.1. The number of fused-ring (bicyclic) bond motifs is 3. The Balaban J connectivity index is 2.04. The minimum Gasteiger partial charge on any atom is -0.453 e. The van der Waals surface area contributed by atoms with Gasteiger partial charge < -0.3 is 14.6 Å². The van der Waals surface area contributed by atoms with Crippen molar-refractivity contribution in [3.05, 3.63) is 35.3 Å². The fourth-order valence-electron chi connectivity index (χ4n) is 2.48. The van der Waals surface area contributed by atoms with Crippen molar-refractivity contribution in [2.24, 2.45) is 0 Å². The summed E-state index contributed by atoms with van der Waals surface area (Å²) in [5.74, 6) is -0.258. The maximum atomic E-state index is 13.2. The Hall–Kier alpha value is -2.04. The van der Waals surface area contributed by atoms with Gasteiger partial charge in [-0.3, -0.25) is 0 Å². The zero-order valence-corrected chi connectivity index (χ0v) is 10.00. The van der Waals surface area contributed by atoms with Crippen LogP contribution in [0.4, 0.5) is 9.18 Å². The van der Waals surface area contributed by atoms with Gasteiger partial charge in [0.05, 0.1) is 13.7 Å².